The van der Waals surface area contributed by atoms with E-state index in [1.807, 2.05) is 6.26 Å². The fourth-order valence-corrected chi connectivity index (χ4v) is 4.43. The van der Waals surface area contributed by atoms with Gasteiger partial charge in [0.05, 0.1) is 6.61 Å². The smallest absolute Gasteiger partial charge is 0.226 e. The molecule has 0 radical (unpaired) electrons. The fourth-order valence-electron chi connectivity index (χ4n) is 3.85. The minimum atomic E-state index is -0.516. The number of amides is 1. The van der Waals surface area contributed by atoms with E-state index in [9.17, 15) is 9.18 Å². The van der Waals surface area contributed by atoms with Crippen LogP contribution >= 0.6 is 23.4 Å². The van der Waals surface area contributed by atoms with Gasteiger partial charge in [-0.3, -0.25) is 4.79 Å². The minimum Gasteiger partial charge on any atom is -0.478 e. The monoisotopic (exact) mass is 577 g/mol. The number of aromatic nitrogens is 1. The molecular formula is C27H37ClFN7O2S. The fraction of sp³-hybridized carbons (Fsp3) is 0.407. The van der Waals surface area contributed by atoms with E-state index in [0.717, 1.165) is 38.4 Å². The summed E-state index contributed by atoms with van der Waals surface area (Å²) in [5.41, 5.74) is 13.6. The number of benzene rings is 1. The van der Waals surface area contributed by atoms with Crippen LogP contribution in [0, 0.1) is 5.82 Å². The van der Waals surface area contributed by atoms with Gasteiger partial charge in [-0.2, -0.15) is 11.8 Å². The maximum Gasteiger partial charge on any atom is 0.226 e. The van der Waals surface area contributed by atoms with Crippen molar-refractivity contribution in [1.29, 1.82) is 0 Å². The van der Waals surface area contributed by atoms with Crippen LogP contribution in [0.25, 0.3) is 5.70 Å². The normalized spacial score (nSPS) is 15.5. The third-order valence-corrected chi connectivity index (χ3v) is 7.04. The van der Waals surface area contributed by atoms with Crippen LogP contribution in [0.2, 0.25) is 5.02 Å². The highest BCUT2D eigenvalue weighted by atomic mass is 35.5. The Morgan fingerprint density at radius 1 is 1.21 bits per heavy atom. The summed E-state index contributed by atoms with van der Waals surface area (Å²) in [5.74, 6) is 0.768. The van der Waals surface area contributed by atoms with Gasteiger partial charge in [0.2, 0.25) is 11.8 Å². The number of carbonyl (C=O) groups excluding carboxylic acids is 1. The van der Waals surface area contributed by atoms with Crippen LogP contribution in [0.3, 0.4) is 0 Å². The summed E-state index contributed by atoms with van der Waals surface area (Å²) in [6.07, 6.45) is 6.25. The highest BCUT2D eigenvalue weighted by Gasteiger charge is 2.15. The molecule has 0 spiro atoms. The van der Waals surface area contributed by atoms with Crippen molar-refractivity contribution in [2.24, 2.45) is 11.5 Å². The summed E-state index contributed by atoms with van der Waals surface area (Å²) >= 11 is 7.75. The quantitative estimate of drug-likeness (QED) is 0.160. The van der Waals surface area contributed by atoms with Crippen molar-refractivity contribution in [2.75, 3.05) is 69.0 Å². The molecule has 212 valence electrons. The van der Waals surface area contributed by atoms with Crippen LogP contribution in [-0.2, 0) is 9.53 Å². The second kappa shape index (κ2) is 15.6. The first-order valence-corrected chi connectivity index (χ1v) is 14.5. The molecule has 0 atom stereocenters. The lowest BCUT2D eigenvalue weighted by molar-refractivity contribution is -0.116. The van der Waals surface area contributed by atoms with E-state index >= 15 is 0 Å². The average Bonchev–Trinajstić information content (AvgIpc) is 2.92. The molecule has 39 heavy (non-hydrogen) atoms. The molecule has 1 aromatic carbocycles. The third-order valence-electron chi connectivity index (χ3n) is 6.11. The van der Waals surface area contributed by atoms with Crippen molar-refractivity contribution in [3.8, 4) is 0 Å². The van der Waals surface area contributed by atoms with Gasteiger partial charge in [0.25, 0.3) is 0 Å². The molecule has 6 N–H and O–H groups in total. The third kappa shape index (κ3) is 10.2. The topological polar surface area (TPSA) is 122 Å². The number of halogens is 2. The largest absolute Gasteiger partial charge is 0.478 e. The van der Waals surface area contributed by atoms with Crippen LogP contribution in [0.1, 0.15) is 18.4 Å². The molecular weight excluding hydrogens is 541 g/mol. The Morgan fingerprint density at radius 3 is 2.72 bits per heavy atom. The van der Waals surface area contributed by atoms with E-state index in [1.165, 1.54) is 24.3 Å². The zero-order valence-electron chi connectivity index (χ0n) is 22.4. The van der Waals surface area contributed by atoms with Gasteiger partial charge in [-0.15, -0.1) is 0 Å². The molecule has 0 saturated carbocycles. The maximum absolute atomic E-state index is 14.4. The molecule has 0 bridgehead atoms. The summed E-state index contributed by atoms with van der Waals surface area (Å²) in [6.45, 7) is 5.00. The predicted molar refractivity (Wildman–Crippen MR) is 159 cm³/mol. The van der Waals surface area contributed by atoms with Crippen LogP contribution < -0.4 is 22.1 Å². The van der Waals surface area contributed by atoms with E-state index in [2.05, 4.69) is 32.5 Å². The van der Waals surface area contributed by atoms with Gasteiger partial charge in [-0.25, -0.2) is 9.37 Å². The van der Waals surface area contributed by atoms with Crippen LogP contribution in [0.15, 0.2) is 54.2 Å². The van der Waals surface area contributed by atoms with Crippen LogP contribution in [-0.4, -0.2) is 79.1 Å². The van der Waals surface area contributed by atoms with E-state index < -0.39 is 5.82 Å². The number of ether oxygens (including phenoxy) is 1. The maximum atomic E-state index is 14.4. The van der Waals surface area contributed by atoms with Crippen molar-refractivity contribution in [3.05, 3.63) is 70.6 Å². The molecule has 9 nitrogen and oxygen atoms in total. The molecule has 2 aromatic rings. The Labute approximate surface area is 238 Å². The van der Waals surface area contributed by atoms with Gasteiger partial charge in [-0.1, -0.05) is 11.6 Å². The van der Waals surface area contributed by atoms with Gasteiger partial charge in [0, 0.05) is 73.4 Å². The standard InChI is InChI=1S/C27H37ClFN7O2S/c1-35-10-12-36(13-11-35)9-7-26(37)34-25-17-20(6-8-32-25)33-24(27(31)38-14-3-15-39-2)18-23(30)21-16-19(28)4-5-22(21)29/h4-6,8,16-18H,3,7,9-15,30-31H2,1-2H3,(H2,32,33,34,37)/b23-18-,27-24-. The number of thioether (sulfide) groups is 1. The summed E-state index contributed by atoms with van der Waals surface area (Å²) in [6, 6.07) is 7.53. The van der Waals surface area contributed by atoms with E-state index in [-0.39, 0.29) is 23.1 Å². The van der Waals surface area contributed by atoms with Gasteiger partial charge in [0.1, 0.15) is 17.3 Å². The zero-order chi connectivity index (χ0) is 28.2. The van der Waals surface area contributed by atoms with Crippen molar-refractivity contribution in [2.45, 2.75) is 12.8 Å². The number of hydrogen-bond acceptors (Lipinski definition) is 9. The van der Waals surface area contributed by atoms with Gasteiger partial charge in [-0.05, 0) is 55.8 Å². The number of carbonyl (C=O) groups is 1. The van der Waals surface area contributed by atoms with Crippen molar-refractivity contribution in [1.82, 2.24) is 14.8 Å². The Kier molecular flexibility index (Phi) is 12.2. The number of allylic oxidation sites excluding steroid dienone is 1. The minimum absolute atomic E-state index is 0.0936. The Balaban J connectivity index is 1.72. The molecule has 1 aliphatic rings. The average molecular weight is 578 g/mol. The number of nitrogens with zero attached hydrogens (tertiary/aromatic N) is 3. The molecule has 2 heterocycles. The highest BCUT2D eigenvalue weighted by molar-refractivity contribution is 7.98. The number of likely N-dealkylation sites (N-methyl/N-ethyl adjacent to an activating group) is 1. The summed E-state index contributed by atoms with van der Waals surface area (Å²) < 4.78 is 20.2. The van der Waals surface area contributed by atoms with Gasteiger partial charge < -0.3 is 36.6 Å². The van der Waals surface area contributed by atoms with Crippen LogP contribution in [0.5, 0.6) is 0 Å². The SMILES string of the molecule is CSCCCO/C(N)=C(/C=C(\N)c1cc(Cl)ccc1F)Nc1ccnc(NC(=O)CCN2CCN(C)CC2)c1. The first-order chi connectivity index (χ1) is 18.7. The van der Waals surface area contributed by atoms with Crippen molar-refractivity contribution >= 4 is 46.5 Å². The number of pyridine rings is 1. The molecule has 1 amide bonds. The van der Waals surface area contributed by atoms with Crippen molar-refractivity contribution < 1.29 is 13.9 Å². The zero-order valence-corrected chi connectivity index (χ0v) is 24.0. The van der Waals surface area contributed by atoms with Crippen molar-refractivity contribution in [3.63, 3.8) is 0 Å². The van der Waals surface area contributed by atoms with E-state index in [4.69, 9.17) is 27.8 Å². The van der Waals surface area contributed by atoms with E-state index in [0.29, 0.717) is 41.8 Å². The number of nitrogens with two attached hydrogens (primary N) is 2. The lowest BCUT2D eigenvalue weighted by atomic mass is 10.1. The number of anilines is 2. The Morgan fingerprint density at radius 2 is 1.97 bits per heavy atom. The predicted octanol–water partition coefficient (Wildman–Crippen LogP) is 3.76. The molecule has 1 aromatic heterocycles. The van der Waals surface area contributed by atoms with Gasteiger partial charge in [0.15, 0.2) is 0 Å². The molecule has 12 heteroatoms. The summed E-state index contributed by atoms with van der Waals surface area (Å²) in [4.78, 5) is 21.4. The number of nitrogens with one attached hydrogen (secondary N) is 2. The number of hydrogen-bond donors (Lipinski definition) is 4. The first kappa shape index (κ1) is 30.6. The molecule has 1 saturated heterocycles. The van der Waals surface area contributed by atoms with Crippen LogP contribution in [0.4, 0.5) is 15.9 Å². The lowest BCUT2D eigenvalue weighted by Crippen LogP contribution is -2.45. The summed E-state index contributed by atoms with van der Waals surface area (Å²) in [7, 11) is 2.10. The second-order valence-corrected chi connectivity index (χ2v) is 10.6. The van der Waals surface area contributed by atoms with Gasteiger partial charge >= 0.3 is 0 Å². The highest BCUT2D eigenvalue weighted by Crippen LogP contribution is 2.23. The molecule has 0 aliphatic carbocycles. The number of piperazine rings is 1. The van der Waals surface area contributed by atoms with E-state index in [1.54, 1.807) is 30.1 Å². The molecule has 0 unspecified atom stereocenters. The molecule has 1 fully saturated rings. The second-order valence-electron chi connectivity index (χ2n) is 9.19. The number of rotatable bonds is 13. The summed E-state index contributed by atoms with van der Waals surface area (Å²) in [5, 5.41) is 6.37. The first-order valence-electron chi connectivity index (χ1n) is 12.7. The Bertz CT molecular complexity index is 1170. The molecule has 1 aliphatic heterocycles. The Hall–Kier alpha value is -2.99. The molecule has 3 rings (SSSR count). The lowest BCUT2D eigenvalue weighted by Gasteiger charge is -2.32.